The highest BCUT2D eigenvalue weighted by Gasteiger charge is 2.25. The third kappa shape index (κ3) is 3.79. The lowest BCUT2D eigenvalue weighted by molar-refractivity contribution is -0.126. The molecule has 0 fully saturated rings. The van der Waals surface area contributed by atoms with Gasteiger partial charge in [0.05, 0.1) is 24.2 Å². The molecule has 1 aromatic carbocycles. The topological polar surface area (TPSA) is 70.3 Å². The Morgan fingerprint density at radius 1 is 1.10 bits per heavy atom. The van der Waals surface area contributed by atoms with E-state index in [-0.39, 0.29) is 17.9 Å². The van der Waals surface area contributed by atoms with Gasteiger partial charge in [-0.2, -0.15) is 0 Å². The maximum atomic E-state index is 13.3. The smallest absolute Gasteiger partial charge is 0.337 e. The van der Waals surface area contributed by atoms with Crippen molar-refractivity contribution in [3.8, 4) is 11.4 Å². The van der Waals surface area contributed by atoms with Crippen LogP contribution in [0.3, 0.4) is 0 Å². The van der Waals surface area contributed by atoms with Crippen molar-refractivity contribution >= 4 is 27.3 Å². The minimum Gasteiger partial charge on any atom is -0.494 e. The Bertz CT molecular complexity index is 1190. The summed E-state index contributed by atoms with van der Waals surface area (Å²) in [6, 6.07) is 6.82. The van der Waals surface area contributed by atoms with Gasteiger partial charge in [0.25, 0.3) is 5.56 Å². The standard InChI is InChI=1S/C22H26N2O4S/c1-7-28-16-10-8-15(9-11-16)24-19(26)18-13(2)14(3)29-20(18)23(21(24)27)12-17(25)22(4,5)6/h8-11H,7,12H2,1-6H3. The van der Waals surface area contributed by atoms with Crippen LogP contribution in [0, 0.1) is 19.3 Å². The van der Waals surface area contributed by atoms with Gasteiger partial charge in [-0.1, -0.05) is 20.8 Å². The number of nitrogens with zero attached hydrogens (tertiary/aromatic N) is 2. The summed E-state index contributed by atoms with van der Waals surface area (Å²) in [4.78, 5) is 40.8. The van der Waals surface area contributed by atoms with Crippen molar-refractivity contribution in [2.45, 2.75) is 48.1 Å². The maximum Gasteiger partial charge on any atom is 0.337 e. The van der Waals surface area contributed by atoms with Gasteiger partial charge in [0.2, 0.25) is 0 Å². The van der Waals surface area contributed by atoms with Gasteiger partial charge in [-0.25, -0.2) is 9.36 Å². The molecule has 7 heteroatoms. The van der Waals surface area contributed by atoms with E-state index >= 15 is 0 Å². The number of carbonyl (C=O) groups excluding carboxylic acids is 1. The average molecular weight is 415 g/mol. The normalized spacial score (nSPS) is 11.8. The second kappa shape index (κ2) is 7.63. The number of aryl methyl sites for hydroxylation is 2. The maximum absolute atomic E-state index is 13.3. The predicted molar refractivity (Wildman–Crippen MR) is 117 cm³/mol. The SMILES string of the molecule is CCOc1ccc(-n2c(=O)c3c(C)c(C)sc3n(CC(=O)C(C)(C)C)c2=O)cc1. The number of benzene rings is 1. The van der Waals surface area contributed by atoms with Crippen LogP contribution in [-0.2, 0) is 11.3 Å². The summed E-state index contributed by atoms with van der Waals surface area (Å²) in [5.74, 6) is 0.595. The van der Waals surface area contributed by atoms with Crippen molar-refractivity contribution in [3.05, 3.63) is 55.5 Å². The van der Waals surface area contributed by atoms with Crippen molar-refractivity contribution < 1.29 is 9.53 Å². The zero-order valence-corrected chi connectivity index (χ0v) is 18.5. The van der Waals surface area contributed by atoms with E-state index < -0.39 is 11.1 Å². The fourth-order valence-corrected chi connectivity index (χ4v) is 4.20. The van der Waals surface area contributed by atoms with E-state index in [1.165, 1.54) is 15.9 Å². The summed E-state index contributed by atoms with van der Waals surface area (Å²) in [6.07, 6.45) is 0. The number of ketones is 1. The highest BCUT2D eigenvalue weighted by molar-refractivity contribution is 7.18. The third-order valence-corrected chi connectivity index (χ3v) is 6.23. The van der Waals surface area contributed by atoms with E-state index in [9.17, 15) is 14.4 Å². The fraction of sp³-hybridized carbons (Fsp3) is 0.409. The van der Waals surface area contributed by atoms with Crippen LogP contribution in [0.2, 0.25) is 0 Å². The molecule has 0 aliphatic carbocycles. The number of fused-ring (bicyclic) bond motifs is 1. The molecule has 6 nitrogen and oxygen atoms in total. The van der Waals surface area contributed by atoms with Crippen LogP contribution in [-0.4, -0.2) is 21.5 Å². The molecular formula is C22H26N2O4S. The van der Waals surface area contributed by atoms with Crippen molar-refractivity contribution in [2.75, 3.05) is 6.61 Å². The fourth-order valence-electron chi connectivity index (χ4n) is 3.06. The lowest BCUT2D eigenvalue weighted by atomic mass is 9.91. The van der Waals surface area contributed by atoms with Crippen LogP contribution in [0.1, 0.15) is 38.1 Å². The van der Waals surface area contributed by atoms with Crippen molar-refractivity contribution in [1.82, 2.24) is 9.13 Å². The summed E-state index contributed by atoms with van der Waals surface area (Å²) < 4.78 is 8.03. The first kappa shape index (κ1) is 21.0. The van der Waals surface area contributed by atoms with Gasteiger partial charge < -0.3 is 4.74 Å². The molecule has 154 valence electrons. The molecule has 0 bridgehead atoms. The summed E-state index contributed by atoms with van der Waals surface area (Å²) in [5, 5.41) is 0.489. The van der Waals surface area contributed by atoms with E-state index in [1.54, 1.807) is 24.3 Å². The van der Waals surface area contributed by atoms with Crippen molar-refractivity contribution in [1.29, 1.82) is 0 Å². The number of aromatic nitrogens is 2. The van der Waals surface area contributed by atoms with E-state index in [4.69, 9.17) is 4.74 Å². The number of carbonyl (C=O) groups is 1. The molecule has 2 heterocycles. The Balaban J connectivity index is 2.31. The van der Waals surface area contributed by atoms with Crippen LogP contribution in [0.15, 0.2) is 33.9 Å². The zero-order valence-electron chi connectivity index (χ0n) is 17.7. The van der Waals surface area contributed by atoms with Crippen LogP contribution >= 0.6 is 11.3 Å². The molecule has 0 radical (unpaired) electrons. The lowest BCUT2D eigenvalue weighted by Gasteiger charge is -2.18. The zero-order chi connectivity index (χ0) is 21.5. The minimum absolute atomic E-state index is 0.0681. The molecule has 3 aromatic rings. The number of hydrogen-bond acceptors (Lipinski definition) is 5. The van der Waals surface area contributed by atoms with Crippen LogP contribution in [0.5, 0.6) is 5.75 Å². The minimum atomic E-state index is -0.590. The van der Waals surface area contributed by atoms with Gasteiger partial charge in [0, 0.05) is 10.3 Å². The Kier molecular flexibility index (Phi) is 5.54. The molecule has 0 N–H and O–H groups in total. The monoisotopic (exact) mass is 414 g/mol. The Morgan fingerprint density at radius 3 is 2.28 bits per heavy atom. The molecule has 29 heavy (non-hydrogen) atoms. The largest absolute Gasteiger partial charge is 0.494 e. The van der Waals surface area contributed by atoms with E-state index in [2.05, 4.69) is 0 Å². The second-order valence-electron chi connectivity index (χ2n) is 8.07. The highest BCUT2D eigenvalue weighted by atomic mass is 32.1. The molecule has 0 unspecified atom stereocenters. The van der Waals surface area contributed by atoms with Gasteiger partial charge in [-0.15, -0.1) is 11.3 Å². The number of hydrogen-bond donors (Lipinski definition) is 0. The first-order chi connectivity index (χ1) is 13.6. The van der Waals surface area contributed by atoms with E-state index in [0.29, 0.717) is 28.3 Å². The molecule has 0 amide bonds. The van der Waals surface area contributed by atoms with Crippen LogP contribution in [0.4, 0.5) is 0 Å². The van der Waals surface area contributed by atoms with E-state index in [0.717, 1.165) is 15.0 Å². The summed E-state index contributed by atoms with van der Waals surface area (Å²) >= 11 is 1.38. The lowest BCUT2D eigenvalue weighted by Crippen LogP contribution is -2.41. The predicted octanol–water partition coefficient (Wildman–Crippen LogP) is 3.84. The summed E-state index contributed by atoms with van der Waals surface area (Å²) in [5.41, 5.74) is -0.175. The van der Waals surface area contributed by atoms with Gasteiger partial charge in [0.15, 0.2) is 5.78 Å². The summed E-state index contributed by atoms with van der Waals surface area (Å²) in [7, 11) is 0. The highest BCUT2D eigenvalue weighted by Crippen LogP contribution is 2.28. The molecular weight excluding hydrogens is 388 g/mol. The Hall–Kier alpha value is -2.67. The molecule has 0 aliphatic rings. The molecule has 0 aliphatic heterocycles. The van der Waals surface area contributed by atoms with Crippen molar-refractivity contribution in [2.24, 2.45) is 5.41 Å². The molecule has 0 spiro atoms. The molecule has 0 saturated carbocycles. The van der Waals surface area contributed by atoms with Gasteiger partial charge >= 0.3 is 5.69 Å². The summed E-state index contributed by atoms with van der Waals surface area (Å²) in [6.45, 7) is 11.6. The number of rotatable bonds is 5. The molecule has 3 rings (SSSR count). The van der Waals surface area contributed by atoms with E-state index in [1.807, 2.05) is 41.5 Å². The van der Waals surface area contributed by atoms with Crippen LogP contribution in [0.25, 0.3) is 15.9 Å². The number of thiophene rings is 1. The van der Waals surface area contributed by atoms with Gasteiger partial charge in [-0.3, -0.25) is 14.2 Å². The molecule has 0 atom stereocenters. The molecule has 2 aromatic heterocycles. The van der Waals surface area contributed by atoms with Gasteiger partial charge in [-0.05, 0) is 50.6 Å². The number of ether oxygens (including phenoxy) is 1. The van der Waals surface area contributed by atoms with Crippen molar-refractivity contribution in [3.63, 3.8) is 0 Å². The first-order valence-electron chi connectivity index (χ1n) is 9.58. The Morgan fingerprint density at radius 2 is 1.72 bits per heavy atom. The first-order valence-corrected chi connectivity index (χ1v) is 10.4. The average Bonchev–Trinajstić information content (AvgIpc) is 2.94. The second-order valence-corrected chi connectivity index (χ2v) is 9.28. The quantitative estimate of drug-likeness (QED) is 0.636. The van der Waals surface area contributed by atoms with Gasteiger partial charge in [0.1, 0.15) is 10.6 Å². The third-order valence-electron chi connectivity index (χ3n) is 5.00. The number of Topliss-reactive ketones (excluding diaryl/α,β-unsaturated/α-hetero) is 1. The Labute approximate surface area is 173 Å². The van der Waals surface area contributed by atoms with Crippen LogP contribution < -0.4 is 16.0 Å². The molecule has 0 saturated heterocycles.